The lowest BCUT2D eigenvalue weighted by atomic mass is 10.2. The number of nitrogens with two attached hydrogens (primary N) is 1. The summed E-state index contributed by atoms with van der Waals surface area (Å²) in [6.45, 7) is 5.37. The fourth-order valence-electron chi connectivity index (χ4n) is 0.921. The van der Waals surface area contributed by atoms with Gasteiger partial charge in [0.15, 0.2) is 0 Å². The Bertz CT molecular complexity index is 507. The summed E-state index contributed by atoms with van der Waals surface area (Å²) in [5, 5.41) is 0. The van der Waals surface area contributed by atoms with Crippen molar-refractivity contribution in [2.24, 2.45) is 5.73 Å². The van der Waals surface area contributed by atoms with Crippen LogP contribution in [-0.2, 0) is 19.6 Å². The fourth-order valence-corrected chi connectivity index (χ4v) is 1.40. The monoisotopic (exact) mass is 287 g/mol. The number of ether oxygens (including phenoxy) is 1. The van der Waals surface area contributed by atoms with Crippen LogP contribution in [0.3, 0.4) is 0 Å². The highest BCUT2D eigenvalue weighted by atomic mass is 32.2. The maximum atomic E-state index is 10.5. The van der Waals surface area contributed by atoms with Crippen LogP contribution in [0.1, 0.15) is 5.56 Å². The Labute approximate surface area is 112 Å². The molecule has 3 N–H and O–H groups in total. The third kappa shape index (κ3) is 8.09. The van der Waals surface area contributed by atoms with Crippen molar-refractivity contribution in [2.45, 2.75) is 11.8 Å². The van der Waals surface area contributed by atoms with E-state index in [1.165, 1.54) is 18.2 Å². The number of rotatable bonds is 4. The van der Waals surface area contributed by atoms with E-state index < -0.39 is 16.1 Å². The van der Waals surface area contributed by atoms with E-state index in [-0.39, 0.29) is 18.0 Å². The van der Waals surface area contributed by atoms with Crippen LogP contribution in [0, 0.1) is 6.92 Å². The van der Waals surface area contributed by atoms with Crippen molar-refractivity contribution in [3.63, 3.8) is 0 Å². The van der Waals surface area contributed by atoms with Crippen LogP contribution in [0.4, 0.5) is 0 Å². The Morgan fingerprint density at radius 1 is 1.42 bits per heavy atom. The molecule has 0 spiro atoms. The van der Waals surface area contributed by atoms with E-state index in [1.807, 2.05) is 6.92 Å². The third-order valence-electron chi connectivity index (χ3n) is 1.85. The molecule has 19 heavy (non-hydrogen) atoms. The predicted molar refractivity (Wildman–Crippen MR) is 71.2 cm³/mol. The van der Waals surface area contributed by atoms with Crippen LogP contribution in [0.25, 0.3) is 0 Å². The van der Waals surface area contributed by atoms with Gasteiger partial charge >= 0.3 is 5.97 Å². The fraction of sp³-hybridized carbons (Fsp3) is 0.250. The van der Waals surface area contributed by atoms with Gasteiger partial charge in [0.1, 0.15) is 6.61 Å². The van der Waals surface area contributed by atoms with E-state index in [1.54, 1.807) is 12.1 Å². The molecule has 1 aromatic carbocycles. The predicted octanol–water partition coefficient (Wildman–Crippen LogP) is 0.916. The average Bonchev–Trinajstić information content (AvgIpc) is 2.36. The molecule has 0 unspecified atom stereocenters. The highest BCUT2D eigenvalue weighted by molar-refractivity contribution is 7.85. The molecular formula is C12H17NO5S. The number of carbonyl (C=O) groups is 1. The van der Waals surface area contributed by atoms with Gasteiger partial charge in [0.25, 0.3) is 10.1 Å². The summed E-state index contributed by atoms with van der Waals surface area (Å²) in [4.78, 5) is 10.1. The van der Waals surface area contributed by atoms with E-state index in [0.29, 0.717) is 0 Å². The van der Waals surface area contributed by atoms with Crippen LogP contribution >= 0.6 is 0 Å². The van der Waals surface area contributed by atoms with Gasteiger partial charge in [-0.1, -0.05) is 30.4 Å². The molecule has 0 amide bonds. The van der Waals surface area contributed by atoms with Gasteiger partial charge in [0, 0.05) is 0 Å². The van der Waals surface area contributed by atoms with Crippen LogP contribution in [0.5, 0.6) is 0 Å². The van der Waals surface area contributed by atoms with Crippen LogP contribution < -0.4 is 5.73 Å². The third-order valence-corrected chi connectivity index (χ3v) is 2.72. The molecule has 6 nitrogen and oxygen atoms in total. The Balaban J connectivity index is 0.000000362. The van der Waals surface area contributed by atoms with Crippen molar-refractivity contribution in [3.05, 3.63) is 42.5 Å². The Morgan fingerprint density at radius 2 is 1.95 bits per heavy atom. The summed E-state index contributed by atoms with van der Waals surface area (Å²) >= 11 is 0. The zero-order chi connectivity index (χ0) is 14.9. The summed E-state index contributed by atoms with van der Waals surface area (Å²) in [7, 11) is -4.02. The van der Waals surface area contributed by atoms with Crippen LogP contribution in [0.15, 0.2) is 41.8 Å². The first-order valence-electron chi connectivity index (χ1n) is 5.32. The molecule has 0 fully saturated rings. The molecule has 1 aromatic rings. The lowest BCUT2D eigenvalue weighted by Crippen LogP contribution is -2.16. The zero-order valence-electron chi connectivity index (χ0n) is 10.6. The molecule has 0 saturated heterocycles. The number of hydrogen-bond acceptors (Lipinski definition) is 5. The summed E-state index contributed by atoms with van der Waals surface area (Å²) in [6, 6.07) is 5.99. The molecule has 0 saturated carbocycles. The highest BCUT2D eigenvalue weighted by Crippen LogP contribution is 2.08. The van der Waals surface area contributed by atoms with Crippen molar-refractivity contribution in [1.29, 1.82) is 0 Å². The second-order valence-corrected chi connectivity index (χ2v) is 4.89. The van der Waals surface area contributed by atoms with Gasteiger partial charge < -0.3 is 10.5 Å². The first-order valence-corrected chi connectivity index (χ1v) is 6.76. The minimum Gasteiger partial charge on any atom is -0.461 e. The molecule has 0 bridgehead atoms. The Hall–Kier alpha value is -1.70. The maximum Gasteiger partial charge on any atom is 0.320 e. The molecule has 0 atom stereocenters. The summed E-state index contributed by atoms with van der Waals surface area (Å²) in [5.41, 5.74) is 5.86. The molecule has 0 radical (unpaired) electrons. The van der Waals surface area contributed by atoms with Gasteiger partial charge in [-0.3, -0.25) is 9.35 Å². The number of benzene rings is 1. The number of aryl methyl sites for hydroxylation is 1. The lowest BCUT2D eigenvalue weighted by molar-refractivity contribution is -0.140. The normalized spacial score (nSPS) is 10.1. The van der Waals surface area contributed by atoms with E-state index >= 15 is 0 Å². The van der Waals surface area contributed by atoms with Gasteiger partial charge in [0.2, 0.25) is 0 Å². The largest absolute Gasteiger partial charge is 0.461 e. The summed E-state index contributed by atoms with van der Waals surface area (Å²) < 4.78 is 34.0. The van der Waals surface area contributed by atoms with Crippen LogP contribution in [0.2, 0.25) is 0 Å². The SMILES string of the molecule is C=CCOC(=O)CN.Cc1ccc(S(=O)(=O)O)cc1. The minimum absolute atomic E-state index is 0.0617. The molecular weight excluding hydrogens is 270 g/mol. The van der Waals surface area contributed by atoms with E-state index in [4.69, 9.17) is 10.3 Å². The molecule has 0 aliphatic rings. The van der Waals surface area contributed by atoms with Crippen LogP contribution in [-0.4, -0.2) is 32.1 Å². The number of hydrogen-bond donors (Lipinski definition) is 2. The topological polar surface area (TPSA) is 107 Å². The Kier molecular flexibility index (Phi) is 7.66. The maximum absolute atomic E-state index is 10.5. The first kappa shape index (κ1) is 17.3. The van der Waals surface area contributed by atoms with Crippen molar-refractivity contribution in [1.82, 2.24) is 0 Å². The van der Waals surface area contributed by atoms with E-state index in [0.717, 1.165) is 5.56 Å². The molecule has 1 rings (SSSR count). The zero-order valence-corrected chi connectivity index (χ0v) is 11.4. The number of esters is 1. The molecule has 0 aliphatic heterocycles. The van der Waals surface area contributed by atoms with Gasteiger partial charge in [-0.2, -0.15) is 8.42 Å². The highest BCUT2D eigenvalue weighted by Gasteiger charge is 2.06. The summed E-state index contributed by atoms with van der Waals surface area (Å²) in [6.07, 6.45) is 1.49. The van der Waals surface area contributed by atoms with Crippen molar-refractivity contribution < 1.29 is 22.5 Å². The van der Waals surface area contributed by atoms with Crippen molar-refractivity contribution in [2.75, 3.05) is 13.2 Å². The summed E-state index contributed by atoms with van der Waals surface area (Å²) in [5.74, 6) is -0.398. The molecule has 0 heterocycles. The van der Waals surface area contributed by atoms with E-state index in [2.05, 4.69) is 11.3 Å². The Morgan fingerprint density at radius 3 is 2.32 bits per heavy atom. The second kappa shape index (κ2) is 8.41. The van der Waals surface area contributed by atoms with Gasteiger partial charge in [-0.25, -0.2) is 0 Å². The van der Waals surface area contributed by atoms with Crippen molar-refractivity contribution in [3.8, 4) is 0 Å². The lowest BCUT2D eigenvalue weighted by Gasteiger charge is -1.95. The van der Waals surface area contributed by atoms with E-state index in [9.17, 15) is 13.2 Å². The average molecular weight is 287 g/mol. The standard InChI is InChI=1S/C7H8O3S.C5H9NO2/c1-6-2-4-7(5-3-6)11(8,9)10;1-2-3-8-5(7)4-6/h2-5H,1H3,(H,8,9,10);2H,1,3-4,6H2. The minimum atomic E-state index is -4.02. The van der Waals surface area contributed by atoms with Gasteiger partial charge in [0.05, 0.1) is 11.4 Å². The van der Waals surface area contributed by atoms with Crippen molar-refractivity contribution >= 4 is 16.1 Å². The molecule has 7 heteroatoms. The molecule has 106 valence electrons. The quantitative estimate of drug-likeness (QED) is 0.484. The van der Waals surface area contributed by atoms with Gasteiger partial charge in [-0.15, -0.1) is 0 Å². The second-order valence-electron chi connectivity index (χ2n) is 3.46. The van der Waals surface area contributed by atoms with Gasteiger partial charge in [-0.05, 0) is 19.1 Å². The number of carbonyl (C=O) groups excluding carboxylic acids is 1. The smallest absolute Gasteiger partial charge is 0.320 e. The first-order chi connectivity index (χ1) is 8.81. The molecule has 0 aromatic heterocycles. The molecule has 0 aliphatic carbocycles.